The number of hydrogen-bond acceptors (Lipinski definition) is 8. The summed E-state index contributed by atoms with van der Waals surface area (Å²) in [5.74, 6) is -2.43. The number of aromatic nitrogens is 1. The van der Waals surface area contributed by atoms with Gasteiger partial charge in [-0.2, -0.15) is 0 Å². The molecule has 3 N–H and O–H groups in total. The largest absolute Gasteiger partial charge is 0.514 e. The molecule has 30 heavy (non-hydrogen) atoms. The van der Waals surface area contributed by atoms with Crippen LogP contribution < -0.4 is 10.5 Å². The number of carbonyl (C=O) groups excluding carboxylic acids is 3. The molecule has 0 aliphatic heterocycles. The Hall–Kier alpha value is -2.59. The minimum absolute atomic E-state index is 0.173. The van der Waals surface area contributed by atoms with Gasteiger partial charge in [-0.3, -0.25) is 9.59 Å². The zero-order chi connectivity index (χ0) is 22.8. The summed E-state index contributed by atoms with van der Waals surface area (Å²) in [7, 11) is 2.38. The zero-order valence-corrected chi connectivity index (χ0v) is 19.2. The molecule has 1 aromatic heterocycles. The quantitative estimate of drug-likeness (QED) is 0.375. The van der Waals surface area contributed by atoms with Crippen molar-refractivity contribution in [2.24, 2.45) is 5.73 Å². The predicted molar refractivity (Wildman–Crippen MR) is 112 cm³/mol. The van der Waals surface area contributed by atoms with E-state index in [0.717, 1.165) is 5.56 Å². The van der Waals surface area contributed by atoms with Crippen molar-refractivity contribution in [3.8, 4) is 5.75 Å². The van der Waals surface area contributed by atoms with Crippen LogP contribution in [-0.2, 0) is 23.8 Å². The summed E-state index contributed by atoms with van der Waals surface area (Å²) in [5.41, 5.74) is 6.84. The lowest BCUT2D eigenvalue weighted by molar-refractivity contribution is -0.150. The fraction of sp³-hybridized carbons (Fsp3) is 0.450. The minimum Gasteiger partial charge on any atom is -0.468 e. The van der Waals surface area contributed by atoms with Gasteiger partial charge >= 0.3 is 18.1 Å². The Morgan fingerprint density at radius 3 is 2.27 bits per heavy atom. The molecule has 0 bridgehead atoms. The number of methoxy groups -OCH3 is 2. The maximum absolute atomic E-state index is 12.5. The number of carbonyl (C=O) groups is 3. The van der Waals surface area contributed by atoms with E-state index in [1.54, 1.807) is 33.8 Å². The van der Waals surface area contributed by atoms with Crippen molar-refractivity contribution in [1.82, 2.24) is 4.98 Å². The molecule has 1 aromatic carbocycles. The monoisotopic (exact) mass is 484 g/mol. The number of benzene rings is 1. The minimum atomic E-state index is -1.29. The fourth-order valence-electron chi connectivity index (χ4n) is 3.06. The van der Waals surface area contributed by atoms with Crippen LogP contribution in [0.1, 0.15) is 37.8 Å². The Labute approximate surface area is 182 Å². The molecular formula is C20H25BrN2O7. The number of aromatic amines is 1. The van der Waals surface area contributed by atoms with E-state index in [1.807, 2.05) is 0 Å². The van der Waals surface area contributed by atoms with Gasteiger partial charge in [0.1, 0.15) is 17.6 Å². The summed E-state index contributed by atoms with van der Waals surface area (Å²) < 4.78 is 20.7. The average molecular weight is 485 g/mol. The second kappa shape index (κ2) is 9.05. The first-order chi connectivity index (χ1) is 13.9. The first-order valence-corrected chi connectivity index (χ1v) is 9.82. The molecule has 10 heteroatoms. The molecule has 2 atom stereocenters. The van der Waals surface area contributed by atoms with Crippen molar-refractivity contribution < 1.29 is 33.3 Å². The Morgan fingerprint density at radius 2 is 1.73 bits per heavy atom. The second-order valence-corrected chi connectivity index (χ2v) is 8.47. The SMILES string of the molecule is COC(=O)C(N)C(C(=O)OC)c1c[nH]c2c(OC(=O)OC(C)(C)C)c(Br)cc(C)c12. The molecule has 0 fully saturated rings. The van der Waals surface area contributed by atoms with Gasteiger partial charge in [-0.15, -0.1) is 0 Å². The van der Waals surface area contributed by atoms with Crippen molar-refractivity contribution >= 4 is 44.9 Å². The molecule has 0 saturated carbocycles. The number of esters is 2. The molecule has 0 spiro atoms. The van der Waals surface area contributed by atoms with Gasteiger partial charge in [0.25, 0.3) is 0 Å². The molecule has 0 aliphatic carbocycles. The van der Waals surface area contributed by atoms with Crippen LogP contribution in [0.3, 0.4) is 0 Å². The molecule has 164 valence electrons. The number of aryl methyl sites for hydroxylation is 1. The Kier molecular flexibility index (Phi) is 7.14. The van der Waals surface area contributed by atoms with Crippen LogP contribution in [0.15, 0.2) is 16.7 Å². The van der Waals surface area contributed by atoms with Crippen LogP contribution in [0.25, 0.3) is 10.9 Å². The van der Waals surface area contributed by atoms with E-state index in [4.69, 9.17) is 24.7 Å². The summed E-state index contributed by atoms with van der Waals surface area (Å²) in [4.78, 5) is 39.7. The van der Waals surface area contributed by atoms with E-state index < -0.39 is 35.7 Å². The number of fused-ring (bicyclic) bond motifs is 1. The topological polar surface area (TPSA) is 130 Å². The number of halogens is 1. The van der Waals surface area contributed by atoms with E-state index in [2.05, 4.69) is 20.9 Å². The molecule has 0 radical (unpaired) electrons. The number of nitrogens with one attached hydrogen (secondary N) is 1. The van der Waals surface area contributed by atoms with Crippen LogP contribution in [0, 0.1) is 6.92 Å². The van der Waals surface area contributed by atoms with Gasteiger partial charge in [-0.1, -0.05) is 0 Å². The molecule has 2 rings (SSSR count). The Bertz CT molecular complexity index is 978. The van der Waals surface area contributed by atoms with Gasteiger partial charge in [0.2, 0.25) is 0 Å². The summed E-state index contributed by atoms with van der Waals surface area (Å²) in [5, 5.41) is 0.562. The normalized spacial score (nSPS) is 13.5. The standard InChI is InChI=1S/C20H25BrN2O7/c1-9-7-11(21)16(29-19(26)30-20(2,3)4)15-12(9)10(8-23-15)13(17(24)27-5)14(22)18(25)28-6/h7-8,13-14,23H,22H2,1-6H3. The Balaban J connectivity index is 2.62. The number of H-pyrrole nitrogens is 1. The summed E-state index contributed by atoms with van der Waals surface area (Å²) in [6, 6.07) is 0.428. The molecule has 1 heterocycles. The van der Waals surface area contributed by atoms with Crippen molar-refractivity contribution in [3.63, 3.8) is 0 Å². The van der Waals surface area contributed by atoms with E-state index >= 15 is 0 Å². The molecule has 2 unspecified atom stereocenters. The lowest BCUT2D eigenvalue weighted by atomic mass is 9.90. The van der Waals surface area contributed by atoms with Gasteiger partial charge in [-0.25, -0.2) is 4.79 Å². The van der Waals surface area contributed by atoms with E-state index in [-0.39, 0.29) is 5.75 Å². The zero-order valence-electron chi connectivity index (χ0n) is 17.6. The van der Waals surface area contributed by atoms with Gasteiger partial charge in [0, 0.05) is 11.6 Å². The van der Waals surface area contributed by atoms with Crippen LogP contribution >= 0.6 is 15.9 Å². The highest BCUT2D eigenvalue weighted by Gasteiger charge is 2.36. The van der Waals surface area contributed by atoms with Crippen molar-refractivity contribution in [1.29, 1.82) is 0 Å². The lowest BCUT2D eigenvalue weighted by Crippen LogP contribution is -2.41. The summed E-state index contributed by atoms with van der Waals surface area (Å²) in [6.45, 7) is 6.96. The number of ether oxygens (including phenoxy) is 4. The summed E-state index contributed by atoms with van der Waals surface area (Å²) >= 11 is 3.39. The first kappa shape index (κ1) is 23.7. The summed E-state index contributed by atoms with van der Waals surface area (Å²) in [6.07, 6.45) is 0.636. The van der Waals surface area contributed by atoms with Gasteiger partial charge in [-0.05, 0) is 60.8 Å². The molecular weight excluding hydrogens is 460 g/mol. The van der Waals surface area contributed by atoms with Gasteiger partial charge in [0.05, 0.1) is 24.2 Å². The highest BCUT2D eigenvalue weighted by Crippen LogP contribution is 2.40. The average Bonchev–Trinajstić information content (AvgIpc) is 3.07. The van der Waals surface area contributed by atoms with Crippen LogP contribution in [0.5, 0.6) is 5.75 Å². The number of nitrogens with two attached hydrogens (primary N) is 1. The highest BCUT2D eigenvalue weighted by molar-refractivity contribution is 9.10. The van der Waals surface area contributed by atoms with Crippen molar-refractivity contribution in [3.05, 3.63) is 27.9 Å². The molecule has 0 saturated heterocycles. The highest BCUT2D eigenvalue weighted by atomic mass is 79.9. The van der Waals surface area contributed by atoms with Crippen LogP contribution in [0.2, 0.25) is 0 Å². The third kappa shape index (κ3) is 4.93. The fourth-order valence-corrected chi connectivity index (χ4v) is 3.68. The predicted octanol–water partition coefficient (Wildman–Crippen LogP) is 3.31. The Morgan fingerprint density at radius 1 is 1.13 bits per heavy atom. The molecule has 2 aromatic rings. The van der Waals surface area contributed by atoms with Crippen LogP contribution in [0.4, 0.5) is 4.79 Å². The van der Waals surface area contributed by atoms with Gasteiger partial charge < -0.3 is 29.7 Å². The van der Waals surface area contributed by atoms with Gasteiger partial charge in [0.15, 0.2) is 5.75 Å². The molecule has 0 aliphatic rings. The molecule has 9 nitrogen and oxygen atoms in total. The number of rotatable bonds is 5. The van der Waals surface area contributed by atoms with Crippen LogP contribution in [-0.4, -0.2) is 48.9 Å². The third-order valence-corrected chi connectivity index (χ3v) is 4.88. The van der Waals surface area contributed by atoms with E-state index in [1.165, 1.54) is 20.4 Å². The lowest BCUT2D eigenvalue weighted by Gasteiger charge is -2.21. The molecule has 0 amide bonds. The maximum Gasteiger partial charge on any atom is 0.514 e. The van der Waals surface area contributed by atoms with Crippen molar-refractivity contribution in [2.75, 3.05) is 14.2 Å². The number of hydrogen-bond donors (Lipinski definition) is 2. The maximum atomic E-state index is 12.5. The second-order valence-electron chi connectivity index (χ2n) is 7.61. The smallest absolute Gasteiger partial charge is 0.468 e. The van der Waals surface area contributed by atoms with E-state index in [9.17, 15) is 14.4 Å². The first-order valence-electron chi connectivity index (χ1n) is 9.03. The van der Waals surface area contributed by atoms with E-state index in [0.29, 0.717) is 20.9 Å². The van der Waals surface area contributed by atoms with Crippen molar-refractivity contribution in [2.45, 2.75) is 45.3 Å². The third-order valence-electron chi connectivity index (χ3n) is 4.29.